The van der Waals surface area contributed by atoms with Gasteiger partial charge in [-0.2, -0.15) is 0 Å². The van der Waals surface area contributed by atoms with Gasteiger partial charge in [0, 0.05) is 29.1 Å². The third-order valence-corrected chi connectivity index (χ3v) is 7.39. The zero-order valence-corrected chi connectivity index (χ0v) is 22.1. The Morgan fingerprint density at radius 3 is 2.53 bits per heavy atom. The smallest absolute Gasteiger partial charge is 0.305 e. The Hall–Kier alpha value is -2.51. The maximum Gasteiger partial charge on any atom is 0.305 e. The van der Waals surface area contributed by atoms with Crippen LogP contribution >= 0.6 is 22.6 Å². The lowest BCUT2D eigenvalue weighted by molar-refractivity contribution is -0.140. The number of sulfonamides is 1. The van der Waals surface area contributed by atoms with Crippen molar-refractivity contribution in [3.8, 4) is 11.3 Å². The summed E-state index contributed by atoms with van der Waals surface area (Å²) in [6.45, 7) is 2.17. The van der Waals surface area contributed by atoms with Gasteiger partial charge in [-0.1, -0.05) is 29.8 Å². The monoisotopic (exact) mass is 599 g/mol. The van der Waals surface area contributed by atoms with E-state index >= 15 is 0 Å². The first-order valence-corrected chi connectivity index (χ1v) is 13.3. The fourth-order valence-corrected chi connectivity index (χ4v) is 5.37. The van der Waals surface area contributed by atoms with Crippen LogP contribution in [0.3, 0.4) is 0 Å². The number of nitrogens with zero attached hydrogens (tertiary/aromatic N) is 1. The highest BCUT2D eigenvalue weighted by Gasteiger charge is 2.25. The number of amides is 1. The van der Waals surface area contributed by atoms with Crippen LogP contribution in [-0.2, 0) is 25.3 Å². The molecule has 3 aromatic rings. The summed E-state index contributed by atoms with van der Waals surface area (Å²) in [7, 11) is -0.813. The maximum absolute atomic E-state index is 12.7. The molecule has 1 aromatic carbocycles. The summed E-state index contributed by atoms with van der Waals surface area (Å²) in [5.74, 6) is -0.606. The molecule has 9 nitrogen and oxygen atoms in total. The van der Waals surface area contributed by atoms with Gasteiger partial charge in [-0.05, 0) is 48.4 Å². The fourth-order valence-electron chi connectivity index (χ4n) is 3.35. The van der Waals surface area contributed by atoms with Crippen LogP contribution in [0.25, 0.3) is 22.4 Å². The molecular weight excluding hydrogens is 573 g/mol. The second kappa shape index (κ2) is 11.3. The highest BCUT2D eigenvalue weighted by atomic mass is 127. The summed E-state index contributed by atoms with van der Waals surface area (Å²) in [5.41, 5.74) is 2.66. The van der Waals surface area contributed by atoms with E-state index in [-0.39, 0.29) is 36.3 Å². The lowest BCUT2D eigenvalue weighted by atomic mass is 10.0. The van der Waals surface area contributed by atoms with E-state index in [4.69, 9.17) is 4.42 Å². The number of hydrogen-bond acceptors (Lipinski definition) is 7. The van der Waals surface area contributed by atoms with E-state index in [0.717, 1.165) is 11.1 Å². The highest BCUT2D eigenvalue weighted by Crippen LogP contribution is 2.34. The van der Waals surface area contributed by atoms with Crippen LogP contribution in [0.4, 0.5) is 0 Å². The minimum Gasteiger partial charge on any atom is -0.469 e. The number of methoxy groups -OCH3 is 1. The molecule has 3 rings (SSSR count). The van der Waals surface area contributed by atoms with Gasteiger partial charge in [-0.15, -0.1) is 0 Å². The molecule has 0 unspecified atom stereocenters. The van der Waals surface area contributed by atoms with E-state index in [2.05, 4.69) is 19.8 Å². The van der Waals surface area contributed by atoms with Gasteiger partial charge < -0.3 is 14.5 Å². The zero-order chi connectivity index (χ0) is 24.9. The molecule has 0 bridgehead atoms. The van der Waals surface area contributed by atoms with Gasteiger partial charge in [0.25, 0.3) is 5.91 Å². The predicted octanol–water partition coefficient (Wildman–Crippen LogP) is 3.53. The lowest BCUT2D eigenvalue weighted by Gasteiger charge is -2.08. The number of benzene rings is 1. The number of esters is 1. The number of aryl methyl sites for hydroxylation is 1. The summed E-state index contributed by atoms with van der Waals surface area (Å²) < 4.78 is 38.8. The van der Waals surface area contributed by atoms with Crippen LogP contribution in [-0.4, -0.2) is 46.0 Å². The van der Waals surface area contributed by atoms with Gasteiger partial charge in [0.1, 0.15) is 11.5 Å². The molecule has 0 atom stereocenters. The van der Waals surface area contributed by atoms with Crippen molar-refractivity contribution in [1.29, 1.82) is 0 Å². The van der Waals surface area contributed by atoms with Gasteiger partial charge in [0.2, 0.25) is 15.7 Å². The topological polar surface area (TPSA) is 128 Å². The normalized spacial score (nSPS) is 11.5. The minimum atomic E-state index is -3.67. The number of ether oxygens (including phenoxy) is 1. The Morgan fingerprint density at radius 1 is 1.18 bits per heavy atom. The van der Waals surface area contributed by atoms with Gasteiger partial charge in [0.05, 0.1) is 23.8 Å². The average Bonchev–Trinajstić information content (AvgIpc) is 3.16. The Bertz CT molecular complexity index is 1300. The van der Waals surface area contributed by atoms with Gasteiger partial charge in [-0.25, -0.2) is 18.1 Å². The first-order valence-electron chi connectivity index (χ1n) is 10.6. The Morgan fingerprint density at radius 2 is 1.88 bits per heavy atom. The summed E-state index contributed by atoms with van der Waals surface area (Å²) in [6.07, 6.45) is 1.27. The Balaban J connectivity index is 1.86. The van der Waals surface area contributed by atoms with Crippen molar-refractivity contribution in [3.05, 3.63) is 50.7 Å². The number of carbonyl (C=O) groups excluding carboxylic acids is 2. The molecular formula is C23H26IN3O6S. The van der Waals surface area contributed by atoms with Crippen LogP contribution in [0.5, 0.6) is 0 Å². The molecule has 0 spiro atoms. The molecule has 1 amide bonds. The average molecular weight is 599 g/mol. The molecule has 0 aliphatic rings. The van der Waals surface area contributed by atoms with E-state index in [1.165, 1.54) is 14.2 Å². The number of fused-ring (bicyclic) bond motifs is 1. The molecule has 34 heavy (non-hydrogen) atoms. The molecule has 0 radical (unpaired) electrons. The summed E-state index contributed by atoms with van der Waals surface area (Å²) in [5, 5.41) is 3.14. The highest BCUT2D eigenvalue weighted by molar-refractivity contribution is 14.1. The van der Waals surface area contributed by atoms with Crippen molar-refractivity contribution in [1.82, 2.24) is 15.0 Å². The van der Waals surface area contributed by atoms with Crippen molar-refractivity contribution in [3.63, 3.8) is 0 Å². The van der Waals surface area contributed by atoms with Crippen LogP contribution in [0.1, 0.15) is 40.9 Å². The van der Waals surface area contributed by atoms with Crippen molar-refractivity contribution < 1.29 is 27.2 Å². The minimum absolute atomic E-state index is 0.192. The van der Waals surface area contributed by atoms with E-state index in [0.29, 0.717) is 38.8 Å². The largest absolute Gasteiger partial charge is 0.469 e. The third-order valence-electron chi connectivity index (χ3n) is 5.16. The van der Waals surface area contributed by atoms with Crippen molar-refractivity contribution in [2.45, 2.75) is 31.9 Å². The summed E-state index contributed by atoms with van der Waals surface area (Å²) in [4.78, 5) is 28.3. The van der Waals surface area contributed by atoms with E-state index in [1.54, 1.807) is 6.07 Å². The van der Waals surface area contributed by atoms with Crippen LogP contribution in [0, 0.1) is 10.5 Å². The number of rotatable bonds is 10. The Labute approximate surface area is 211 Å². The fraction of sp³-hybridized carbons (Fsp3) is 0.348. The zero-order valence-electron chi connectivity index (χ0n) is 19.1. The van der Waals surface area contributed by atoms with Crippen LogP contribution in [0.2, 0.25) is 0 Å². The lowest BCUT2D eigenvalue weighted by Crippen LogP contribution is -2.27. The first-order chi connectivity index (χ1) is 16.1. The number of furan rings is 1. The van der Waals surface area contributed by atoms with Crippen LogP contribution in [0.15, 0.2) is 34.7 Å². The van der Waals surface area contributed by atoms with E-state index in [1.807, 2.05) is 53.8 Å². The molecule has 0 saturated carbocycles. The molecule has 2 aromatic heterocycles. The molecule has 2 N–H and O–H groups in total. The maximum atomic E-state index is 12.7. The molecule has 182 valence electrons. The standard InChI is InChI=1S/C23H26IN3O6S/c1-14-7-9-15(10-8-14)21-20(22(29)25-2)16-12-17(24)18(27-23(16)33-21)13-34(30,31)26-11-5-4-6-19(28)32-3/h7-10,12,26H,4-6,11,13H2,1-3H3,(H,25,29). The predicted molar refractivity (Wildman–Crippen MR) is 137 cm³/mol. The number of carbonyl (C=O) groups is 2. The number of halogens is 1. The molecule has 11 heteroatoms. The second-order valence-corrected chi connectivity index (χ2v) is 10.7. The number of hydrogen-bond donors (Lipinski definition) is 2. The molecule has 0 saturated heterocycles. The number of pyridine rings is 1. The van der Waals surface area contributed by atoms with Gasteiger partial charge in [0.15, 0.2) is 0 Å². The van der Waals surface area contributed by atoms with Crippen LogP contribution < -0.4 is 10.0 Å². The van der Waals surface area contributed by atoms with E-state index < -0.39 is 10.0 Å². The SMILES string of the molecule is CNC(=O)c1c(-c2ccc(C)cc2)oc2nc(CS(=O)(=O)NCCCCC(=O)OC)c(I)cc12. The molecule has 0 fully saturated rings. The van der Waals surface area contributed by atoms with Crippen molar-refractivity contribution >= 4 is 55.6 Å². The van der Waals surface area contributed by atoms with Crippen molar-refractivity contribution in [2.24, 2.45) is 0 Å². The van der Waals surface area contributed by atoms with E-state index in [9.17, 15) is 18.0 Å². The summed E-state index contributed by atoms with van der Waals surface area (Å²) in [6, 6.07) is 9.28. The summed E-state index contributed by atoms with van der Waals surface area (Å²) >= 11 is 2.01. The second-order valence-electron chi connectivity index (χ2n) is 7.71. The van der Waals surface area contributed by atoms with Gasteiger partial charge in [-0.3, -0.25) is 9.59 Å². The number of nitrogens with one attached hydrogen (secondary N) is 2. The third kappa shape index (κ3) is 6.33. The van der Waals surface area contributed by atoms with Crippen molar-refractivity contribution in [2.75, 3.05) is 20.7 Å². The quantitative estimate of drug-likeness (QED) is 0.207. The Kier molecular flexibility index (Phi) is 8.66. The van der Waals surface area contributed by atoms with Gasteiger partial charge >= 0.3 is 5.97 Å². The number of unbranched alkanes of at least 4 members (excludes halogenated alkanes) is 1. The first kappa shape index (κ1) is 26.1. The number of aromatic nitrogens is 1. The molecule has 0 aliphatic carbocycles. The molecule has 0 aliphatic heterocycles. The molecule has 2 heterocycles.